The molecule has 2 aromatic carbocycles. The predicted octanol–water partition coefficient (Wildman–Crippen LogP) is 5.48. The first-order chi connectivity index (χ1) is 14.3. The molecule has 4 nitrogen and oxygen atoms in total. The van der Waals surface area contributed by atoms with Crippen LogP contribution in [0.15, 0.2) is 35.2 Å². The molecule has 1 aliphatic carbocycles. The number of hydrogen-bond acceptors (Lipinski definition) is 3. The molecule has 1 aliphatic heterocycles. The van der Waals surface area contributed by atoms with Gasteiger partial charge in [0.2, 0.25) is 0 Å². The highest BCUT2D eigenvalue weighted by molar-refractivity contribution is 7.85. The van der Waals surface area contributed by atoms with Gasteiger partial charge in [-0.15, -0.1) is 0 Å². The van der Waals surface area contributed by atoms with Crippen LogP contribution < -0.4 is 0 Å². The lowest BCUT2D eigenvalue weighted by atomic mass is 9.97. The van der Waals surface area contributed by atoms with Gasteiger partial charge in [-0.25, -0.2) is 9.18 Å². The number of benzene rings is 2. The Balaban J connectivity index is 1.43. The minimum absolute atomic E-state index is 0.0183. The molecule has 0 radical (unpaired) electrons. The SMILES string of the molecule is O=C(O)c1ccc(CN2CCC(S(=O)c3cc(Cl)cc(Cl)c3)CC2)c(C2CC2)c1F. The summed E-state index contributed by atoms with van der Waals surface area (Å²) in [5.74, 6) is -1.70. The summed E-state index contributed by atoms with van der Waals surface area (Å²) in [6.07, 6.45) is 3.31. The highest BCUT2D eigenvalue weighted by atomic mass is 35.5. The fraction of sp³-hybridized carbons (Fsp3) is 0.409. The first kappa shape index (κ1) is 21.8. The van der Waals surface area contributed by atoms with E-state index in [-0.39, 0.29) is 16.7 Å². The Morgan fingerprint density at radius 3 is 2.30 bits per heavy atom. The van der Waals surface area contributed by atoms with E-state index in [1.54, 1.807) is 24.3 Å². The summed E-state index contributed by atoms with van der Waals surface area (Å²) in [5.41, 5.74) is 1.17. The van der Waals surface area contributed by atoms with Crippen LogP contribution in [0.4, 0.5) is 4.39 Å². The van der Waals surface area contributed by atoms with E-state index in [2.05, 4.69) is 4.90 Å². The largest absolute Gasteiger partial charge is 0.478 e. The number of likely N-dealkylation sites (tertiary alicyclic amines) is 1. The molecule has 8 heteroatoms. The highest BCUT2D eigenvalue weighted by Gasteiger charge is 2.32. The van der Waals surface area contributed by atoms with Crippen molar-refractivity contribution in [1.29, 1.82) is 0 Å². The van der Waals surface area contributed by atoms with Crippen LogP contribution in [-0.4, -0.2) is 38.5 Å². The summed E-state index contributed by atoms with van der Waals surface area (Å²) < 4.78 is 27.7. The number of nitrogens with zero attached hydrogens (tertiary/aromatic N) is 1. The normalized spacial score (nSPS) is 19.0. The van der Waals surface area contributed by atoms with Crippen LogP contribution in [-0.2, 0) is 17.3 Å². The highest BCUT2D eigenvalue weighted by Crippen LogP contribution is 2.44. The quantitative estimate of drug-likeness (QED) is 0.608. The molecule has 1 saturated carbocycles. The maximum absolute atomic E-state index is 14.8. The van der Waals surface area contributed by atoms with Crippen molar-refractivity contribution in [2.45, 2.75) is 48.3 Å². The van der Waals surface area contributed by atoms with Crippen molar-refractivity contribution in [3.05, 3.63) is 62.9 Å². The lowest BCUT2D eigenvalue weighted by Crippen LogP contribution is -2.37. The van der Waals surface area contributed by atoms with E-state index in [0.717, 1.165) is 44.3 Å². The minimum atomic E-state index is -1.23. The van der Waals surface area contributed by atoms with Gasteiger partial charge in [0.1, 0.15) is 5.82 Å². The van der Waals surface area contributed by atoms with E-state index >= 15 is 0 Å². The van der Waals surface area contributed by atoms with Gasteiger partial charge in [0.05, 0.1) is 16.4 Å². The zero-order valence-corrected chi connectivity index (χ0v) is 18.6. The predicted molar refractivity (Wildman–Crippen MR) is 117 cm³/mol. The minimum Gasteiger partial charge on any atom is -0.478 e. The molecule has 0 spiro atoms. The monoisotopic (exact) mass is 469 g/mol. The maximum atomic E-state index is 14.8. The third kappa shape index (κ3) is 4.72. The molecule has 4 rings (SSSR count). The Morgan fingerprint density at radius 2 is 1.73 bits per heavy atom. The average Bonchev–Trinajstić information content (AvgIpc) is 3.52. The average molecular weight is 470 g/mol. The van der Waals surface area contributed by atoms with E-state index in [0.29, 0.717) is 27.0 Å². The zero-order chi connectivity index (χ0) is 21.4. The summed E-state index contributed by atoms with van der Waals surface area (Å²) in [6.45, 7) is 2.07. The number of aromatic carboxylic acids is 1. The Labute approximate surface area is 187 Å². The molecule has 2 fully saturated rings. The van der Waals surface area contributed by atoms with Crippen LogP contribution in [0.2, 0.25) is 10.0 Å². The fourth-order valence-corrected chi connectivity index (χ4v) is 6.27. The molecule has 1 heterocycles. The maximum Gasteiger partial charge on any atom is 0.338 e. The number of carboxylic acid groups (broad SMARTS) is 1. The number of hydrogen-bond donors (Lipinski definition) is 1. The molecule has 1 N–H and O–H groups in total. The summed E-state index contributed by atoms with van der Waals surface area (Å²) in [4.78, 5) is 14.2. The number of rotatable bonds is 6. The van der Waals surface area contributed by atoms with Crippen LogP contribution in [0.5, 0.6) is 0 Å². The van der Waals surface area contributed by atoms with E-state index in [9.17, 15) is 18.5 Å². The van der Waals surface area contributed by atoms with E-state index < -0.39 is 22.6 Å². The van der Waals surface area contributed by atoms with Gasteiger partial charge >= 0.3 is 5.97 Å². The topological polar surface area (TPSA) is 57.6 Å². The van der Waals surface area contributed by atoms with Crippen molar-refractivity contribution in [1.82, 2.24) is 4.90 Å². The van der Waals surface area contributed by atoms with Crippen molar-refractivity contribution < 1.29 is 18.5 Å². The van der Waals surface area contributed by atoms with Gasteiger partial charge < -0.3 is 5.11 Å². The second-order valence-electron chi connectivity index (χ2n) is 7.96. The standard InChI is InChI=1S/C22H22Cl2FNO3S/c23-15-9-16(24)11-18(10-15)30(29)17-5-7-26(8-6-17)12-14-3-4-19(22(27)28)21(25)20(14)13-1-2-13/h3-4,9-11,13,17H,1-2,5-8,12H2,(H,27,28). The summed E-state index contributed by atoms with van der Waals surface area (Å²) in [5, 5.41) is 10.2. The van der Waals surface area contributed by atoms with Gasteiger partial charge in [0, 0.05) is 26.7 Å². The van der Waals surface area contributed by atoms with Crippen LogP contribution in [0.3, 0.4) is 0 Å². The van der Waals surface area contributed by atoms with Gasteiger partial charge in [-0.1, -0.05) is 29.3 Å². The van der Waals surface area contributed by atoms with Gasteiger partial charge in [-0.05, 0) is 80.1 Å². The lowest BCUT2D eigenvalue weighted by Gasteiger charge is -2.32. The number of halogens is 3. The van der Waals surface area contributed by atoms with Crippen molar-refractivity contribution in [2.75, 3.05) is 13.1 Å². The smallest absolute Gasteiger partial charge is 0.338 e. The fourth-order valence-electron chi connectivity index (χ4n) is 4.11. The number of carbonyl (C=O) groups is 1. The number of piperidine rings is 1. The van der Waals surface area contributed by atoms with Crippen molar-refractivity contribution in [3.63, 3.8) is 0 Å². The zero-order valence-electron chi connectivity index (χ0n) is 16.2. The van der Waals surface area contributed by atoms with Crippen molar-refractivity contribution in [3.8, 4) is 0 Å². The summed E-state index contributed by atoms with van der Waals surface area (Å²) >= 11 is 12.1. The molecule has 160 valence electrons. The van der Waals surface area contributed by atoms with Crippen LogP contribution in [0.25, 0.3) is 0 Å². The molecular formula is C22H22Cl2FNO3S. The second-order valence-corrected chi connectivity index (χ2v) is 10.6. The molecule has 1 unspecified atom stereocenters. The van der Waals surface area contributed by atoms with Gasteiger partial charge in [-0.3, -0.25) is 9.11 Å². The Hall–Kier alpha value is -1.47. The third-order valence-corrected chi connectivity index (χ3v) is 8.00. The van der Waals surface area contributed by atoms with Crippen molar-refractivity contribution in [2.24, 2.45) is 0 Å². The molecular weight excluding hydrogens is 448 g/mol. The first-order valence-corrected chi connectivity index (χ1v) is 11.9. The van der Waals surface area contributed by atoms with E-state index in [1.165, 1.54) is 6.07 Å². The third-order valence-electron chi connectivity index (χ3n) is 5.79. The van der Waals surface area contributed by atoms with Crippen LogP contribution >= 0.6 is 23.2 Å². The lowest BCUT2D eigenvalue weighted by molar-refractivity contribution is 0.0691. The van der Waals surface area contributed by atoms with Crippen molar-refractivity contribution >= 4 is 40.0 Å². The molecule has 30 heavy (non-hydrogen) atoms. The molecule has 0 amide bonds. The molecule has 0 bridgehead atoms. The molecule has 2 aliphatic rings. The molecule has 0 aromatic heterocycles. The summed E-state index contributed by atoms with van der Waals surface area (Å²) in [6, 6.07) is 8.13. The van der Waals surface area contributed by atoms with Gasteiger partial charge in [0.15, 0.2) is 0 Å². The van der Waals surface area contributed by atoms with E-state index in [1.807, 2.05) is 0 Å². The first-order valence-electron chi connectivity index (χ1n) is 9.97. The Kier molecular flexibility index (Phi) is 6.49. The Bertz CT molecular complexity index is 984. The molecule has 1 saturated heterocycles. The van der Waals surface area contributed by atoms with Crippen LogP contribution in [0.1, 0.15) is 53.1 Å². The van der Waals surface area contributed by atoms with Gasteiger partial charge in [-0.2, -0.15) is 0 Å². The second kappa shape index (κ2) is 8.95. The summed E-state index contributed by atoms with van der Waals surface area (Å²) in [7, 11) is -1.19. The van der Waals surface area contributed by atoms with E-state index in [4.69, 9.17) is 23.2 Å². The molecule has 1 atom stereocenters. The van der Waals surface area contributed by atoms with Gasteiger partial charge in [0.25, 0.3) is 0 Å². The number of carboxylic acids is 1. The Morgan fingerprint density at radius 1 is 1.10 bits per heavy atom. The van der Waals surface area contributed by atoms with Crippen LogP contribution in [0, 0.1) is 5.82 Å². The molecule has 2 aromatic rings.